The van der Waals surface area contributed by atoms with Crippen molar-refractivity contribution in [1.82, 2.24) is 4.98 Å². The second-order valence-corrected chi connectivity index (χ2v) is 4.16. The molecule has 3 nitrogen and oxygen atoms in total. The maximum absolute atomic E-state index is 8.99. The van der Waals surface area contributed by atoms with Gasteiger partial charge in [0.2, 0.25) is 0 Å². The summed E-state index contributed by atoms with van der Waals surface area (Å²) in [6.07, 6.45) is 0. The predicted molar refractivity (Wildman–Crippen MR) is 64.6 cm³/mol. The standard InChI is InChI=1S/C12H13NO2S/c1-2-15-11-6-4-3-5-9(11)10-8-16-12(7-14)13-10/h3-6,8,14H,2,7H2,1H3. The zero-order valence-electron chi connectivity index (χ0n) is 9.01. The summed E-state index contributed by atoms with van der Waals surface area (Å²) in [5, 5.41) is 11.6. The van der Waals surface area contributed by atoms with E-state index in [4.69, 9.17) is 9.84 Å². The third kappa shape index (κ3) is 2.23. The Bertz CT molecular complexity index is 468. The van der Waals surface area contributed by atoms with E-state index in [1.54, 1.807) is 0 Å². The molecule has 1 aromatic carbocycles. The highest BCUT2D eigenvalue weighted by Gasteiger charge is 2.08. The number of rotatable bonds is 4. The van der Waals surface area contributed by atoms with Crippen molar-refractivity contribution in [3.63, 3.8) is 0 Å². The van der Waals surface area contributed by atoms with E-state index in [9.17, 15) is 0 Å². The predicted octanol–water partition coefficient (Wildman–Crippen LogP) is 2.70. The first-order valence-corrected chi connectivity index (χ1v) is 6.00. The molecule has 0 aliphatic carbocycles. The van der Waals surface area contributed by atoms with Crippen molar-refractivity contribution >= 4 is 11.3 Å². The fourth-order valence-corrected chi connectivity index (χ4v) is 2.12. The minimum Gasteiger partial charge on any atom is -0.493 e. The van der Waals surface area contributed by atoms with Crippen LogP contribution in [0.25, 0.3) is 11.3 Å². The van der Waals surface area contributed by atoms with Gasteiger partial charge in [0.05, 0.1) is 18.9 Å². The zero-order valence-corrected chi connectivity index (χ0v) is 9.83. The lowest BCUT2D eigenvalue weighted by Gasteiger charge is -2.07. The van der Waals surface area contributed by atoms with Crippen LogP contribution in [0.1, 0.15) is 11.9 Å². The van der Waals surface area contributed by atoms with Gasteiger partial charge in [-0.25, -0.2) is 4.98 Å². The first kappa shape index (κ1) is 11.1. The van der Waals surface area contributed by atoms with E-state index in [0.29, 0.717) is 6.61 Å². The molecular weight excluding hydrogens is 222 g/mol. The van der Waals surface area contributed by atoms with Gasteiger partial charge in [0.25, 0.3) is 0 Å². The minimum absolute atomic E-state index is 0.0124. The Balaban J connectivity index is 2.38. The van der Waals surface area contributed by atoms with Crippen LogP contribution in [0, 0.1) is 0 Å². The Morgan fingerprint density at radius 3 is 2.88 bits per heavy atom. The van der Waals surface area contributed by atoms with Gasteiger partial charge >= 0.3 is 0 Å². The number of ether oxygens (including phenoxy) is 1. The van der Waals surface area contributed by atoms with Crippen molar-refractivity contribution in [3.8, 4) is 17.0 Å². The van der Waals surface area contributed by atoms with Crippen LogP contribution >= 0.6 is 11.3 Å². The van der Waals surface area contributed by atoms with E-state index in [1.165, 1.54) is 11.3 Å². The molecule has 0 unspecified atom stereocenters. The Kier molecular flexibility index (Phi) is 3.54. The molecule has 0 amide bonds. The van der Waals surface area contributed by atoms with E-state index in [2.05, 4.69) is 4.98 Å². The first-order chi connectivity index (χ1) is 7.85. The number of hydrogen-bond donors (Lipinski definition) is 1. The Morgan fingerprint density at radius 2 is 2.19 bits per heavy atom. The van der Waals surface area contributed by atoms with Crippen molar-refractivity contribution < 1.29 is 9.84 Å². The molecule has 1 N–H and O–H groups in total. The van der Waals surface area contributed by atoms with Gasteiger partial charge in [-0.1, -0.05) is 12.1 Å². The molecule has 84 valence electrons. The van der Waals surface area contributed by atoms with Crippen LogP contribution in [-0.4, -0.2) is 16.7 Å². The second kappa shape index (κ2) is 5.09. The van der Waals surface area contributed by atoms with Crippen LogP contribution in [0.4, 0.5) is 0 Å². The van der Waals surface area contributed by atoms with Gasteiger partial charge in [0.15, 0.2) is 0 Å². The Morgan fingerprint density at radius 1 is 1.38 bits per heavy atom. The molecule has 1 heterocycles. The largest absolute Gasteiger partial charge is 0.493 e. The van der Waals surface area contributed by atoms with Gasteiger partial charge in [-0.2, -0.15) is 0 Å². The topological polar surface area (TPSA) is 42.4 Å². The van der Waals surface area contributed by atoms with Gasteiger partial charge in [-0.3, -0.25) is 0 Å². The molecule has 0 saturated heterocycles. The number of nitrogens with zero attached hydrogens (tertiary/aromatic N) is 1. The van der Waals surface area contributed by atoms with E-state index in [-0.39, 0.29) is 6.61 Å². The normalized spacial score (nSPS) is 10.4. The number of thiazole rings is 1. The molecule has 0 radical (unpaired) electrons. The highest BCUT2D eigenvalue weighted by Crippen LogP contribution is 2.30. The molecule has 0 aliphatic rings. The Labute approximate surface area is 98.4 Å². The van der Waals surface area contributed by atoms with E-state index in [1.807, 2.05) is 36.6 Å². The second-order valence-electron chi connectivity index (χ2n) is 3.21. The van der Waals surface area contributed by atoms with Gasteiger partial charge in [-0.15, -0.1) is 11.3 Å². The summed E-state index contributed by atoms with van der Waals surface area (Å²) in [6, 6.07) is 7.79. The number of aliphatic hydroxyl groups excluding tert-OH is 1. The summed E-state index contributed by atoms with van der Waals surface area (Å²) in [4.78, 5) is 4.33. The highest BCUT2D eigenvalue weighted by molar-refractivity contribution is 7.09. The molecule has 0 spiro atoms. The van der Waals surface area contributed by atoms with Crippen LogP contribution in [-0.2, 0) is 6.61 Å². The summed E-state index contributed by atoms with van der Waals surface area (Å²) in [6.45, 7) is 2.58. The van der Waals surface area contributed by atoms with Gasteiger partial charge in [0.1, 0.15) is 10.8 Å². The van der Waals surface area contributed by atoms with Crippen molar-refractivity contribution in [1.29, 1.82) is 0 Å². The average molecular weight is 235 g/mol. The zero-order chi connectivity index (χ0) is 11.4. The number of benzene rings is 1. The fourth-order valence-electron chi connectivity index (χ4n) is 1.47. The van der Waals surface area contributed by atoms with Crippen molar-refractivity contribution in [2.24, 2.45) is 0 Å². The monoisotopic (exact) mass is 235 g/mol. The maximum atomic E-state index is 8.99. The molecule has 0 saturated carbocycles. The average Bonchev–Trinajstić information content (AvgIpc) is 2.79. The van der Waals surface area contributed by atoms with E-state index < -0.39 is 0 Å². The van der Waals surface area contributed by atoms with Crippen LogP contribution in [0.15, 0.2) is 29.6 Å². The van der Waals surface area contributed by atoms with Crippen LogP contribution in [0.3, 0.4) is 0 Å². The fraction of sp³-hybridized carbons (Fsp3) is 0.250. The molecule has 1 aromatic heterocycles. The molecule has 2 aromatic rings. The lowest BCUT2D eigenvalue weighted by Crippen LogP contribution is -1.94. The summed E-state index contributed by atoms with van der Waals surface area (Å²) >= 11 is 1.45. The summed E-state index contributed by atoms with van der Waals surface area (Å²) in [5.41, 5.74) is 1.83. The number of aromatic nitrogens is 1. The van der Waals surface area contributed by atoms with E-state index >= 15 is 0 Å². The molecule has 0 atom stereocenters. The van der Waals surface area contributed by atoms with Crippen LogP contribution < -0.4 is 4.74 Å². The van der Waals surface area contributed by atoms with Crippen LogP contribution in [0.5, 0.6) is 5.75 Å². The number of aliphatic hydroxyl groups is 1. The van der Waals surface area contributed by atoms with Gasteiger partial charge < -0.3 is 9.84 Å². The maximum Gasteiger partial charge on any atom is 0.128 e. The Hall–Kier alpha value is -1.39. The summed E-state index contributed by atoms with van der Waals surface area (Å²) in [7, 11) is 0. The molecule has 0 bridgehead atoms. The van der Waals surface area contributed by atoms with Gasteiger partial charge in [0, 0.05) is 10.9 Å². The molecule has 4 heteroatoms. The van der Waals surface area contributed by atoms with E-state index in [0.717, 1.165) is 22.0 Å². The van der Waals surface area contributed by atoms with Crippen molar-refractivity contribution in [2.75, 3.05) is 6.61 Å². The SMILES string of the molecule is CCOc1ccccc1-c1csc(CO)n1. The third-order valence-corrected chi connectivity index (χ3v) is 2.98. The molecular formula is C12H13NO2S. The first-order valence-electron chi connectivity index (χ1n) is 5.12. The minimum atomic E-state index is -0.0124. The summed E-state index contributed by atoms with van der Waals surface area (Å²) in [5.74, 6) is 0.833. The molecule has 2 rings (SSSR count). The quantitative estimate of drug-likeness (QED) is 0.886. The molecule has 0 aliphatic heterocycles. The van der Waals surface area contributed by atoms with Gasteiger partial charge in [-0.05, 0) is 19.1 Å². The van der Waals surface area contributed by atoms with Crippen molar-refractivity contribution in [2.45, 2.75) is 13.5 Å². The van der Waals surface area contributed by atoms with Crippen LogP contribution in [0.2, 0.25) is 0 Å². The lowest BCUT2D eigenvalue weighted by molar-refractivity contribution is 0.281. The molecule has 16 heavy (non-hydrogen) atoms. The molecule has 0 fully saturated rings. The lowest BCUT2D eigenvalue weighted by atomic mass is 10.1. The summed E-state index contributed by atoms with van der Waals surface area (Å²) < 4.78 is 5.54. The number of para-hydroxylation sites is 1. The smallest absolute Gasteiger partial charge is 0.128 e. The third-order valence-electron chi connectivity index (χ3n) is 2.15. The number of hydrogen-bond acceptors (Lipinski definition) is 4. The highest BCUT2D eigenvalue weighted by atomic mass is 32.1. The van der Waals surface area contributed by atoms with Crippen molar-refractivity contribution in [3.05, 3.63) is 34.7 Å².